The van der Waals surface area contributed by atoms with E-state index >= 15 is 0 Å². The van der Waals surface area contributed by atoms with Gasteiger partial charge in [0.15, 0.2) is 5.82 Å². The lowest BCUT2D eigenvalue weighted by Gasteiger charge is -2.37. The number of hydrogen-bond donors (Lipinski definition) is 0. The van der Waals surface area contributed by atoms with Crippen LogP contribution >= 0.6 is 0 Å². The molecule has 2 heteroatoms. The van der Waals surface area contributed by atoms with E-state index in [4.69, 9.17) is 9.97 Å². The molecular formula is C56H38N2. The molecule has 0 amide bonds. The summed E-state index contributed by atoms with van der Waals surface area (Å²) in [4.78, 5) is 10.7. The molecule has 2 nitrogen and oxygen atoms in total. The Bertz CT molecular complexity index is 2820. The number of hydrogen-bond acceptors (Lipinski definition) is 2. The molecule has 0 spiro atoms. The van der Waals surface area contributed by atoms with Crippen molar-refractivity contribution in [3.8, 4) is 33.9 Å². The van der Waals surface area contributed by atoms with Crippen LogP contribution in [-0.2, 0) is 10.8 Å². The topological polar surface area (TPSA) is 25.8 Å². The highest BCUT2D eigenvalue weighted by molar-refractivity contribution is 6.15. The molecule has 1 aromatic heterocycles. The van der Waals surface area contributed by atoms with E-state index in [1.807, 2.05) is 12.1 Å². The molecule has 0 saturated heterocycles. The monoisotopic (exact) mass is 738 g/mol. The predicted molar refractivity (Wildman–Crippen MR) is 237 cm³/mol. The lowest BCUT2D eigenvalue weighted by Crippen LogP contribution is -2.30. The summed E-state index contributed by atoms with van der Waals surface area (Å²) in [5.41, 5.74) is 16.2. The van der Waals surface area contributed by atoms with Crippen molar-refractivity contribution in [3.05, 3.63) is 275 Å². The lowest BCUT2D eigenvalue weighted by molar-refractivity contribution is 0.800. The quantitative estimate of drug-likeness (QED) is 0.163. The Morgan fingerprint density at radius 2 is 0.638 bits per heavy atom. The molecule has 11 rings (SSSR count). The van der Waals surface area contributed by atoms with Crippen LogP contribution in [0.5, 0.6) is 0 Å². The van der Waals surface area contributed by atoms with Gasteiger partial charge in [0, 0.05) is 16.7 Å². The molecule has 0 N–H and O–H groups in total. The molecule has 58 heavy (non-hydrogen) atoms. The zero-order valence-corrected chi connectivity index (χ0v) is 31.8. The largest absolute Gasteiger partial charge is 0.228 e. The molecule has 0 bridgehead atoms. The first kappa shape index (κ1) is 33.9. The van der Waals surface area contributed by atoms with Gasteiger partial charge in [-0.05, 0) is 67.8 Å². The number of allylic oxidation sites excluding steroid dienone is 2. The average Bonchev–Trinajstić information content (AvgIpc) is 3.80. The van der Waals surface area contributed by atoms with E-state index in [9.17, 15) is 0 Å². The van der Waals surface area contributed by atoms with Gasteiger partial charge in [-0.15, -0.1) is 0 Å². The molecule has 0 unspecified atom stereocenters. The van der Waals surface area contributed by atoms with Crippen LogP contribution in [0.2, 0.25) is 0 Å². The first-order valence-electron chi connectivity index (χ1n) is 20.0. The zero-order valence-electron chi connectivity index (χ0n) is 31.8. The van der Waals surface area contributed by atoms with Crippen molar-refractivity contribution >= 4 is 11.1 Å². The normalized spacial score (nSPS) is 14.4. The molecule has 272 valence electrons. The Balaban J connectivity index is 1.28. The molecule has 0 fully saturated rings. The molecule has 8 aromatic carbocycles. The number of fused-ring (bicyclic) bond motifs is 4. The number of aromatic nitrogens is 2. The third-order valence-corrected chi connectivity index (χ3v) is 12.2. The number of rotatable bonds is 7. The van der Waals surface area contributed by atoms with Crippen molar-refractivity contribution in [2.24, 2.45) is 0 Å². The molecule has 1 heterocycles. The summed E-state index contributed by atoms with van der Waals surface area (Å²) < 4.78 is 0. The fourth-order valence-electron chi connectivity index (χ4n) is 9.94. The maximum Gasteiger partial charge on any atom is 0.160 e. The van der Waals surface area contributed by atoms with Crippen LogP contribution in [0.3, 0.4) is 0 Å². The van der Waals surface area contributed by atoms with E-state index in [2.05, 4.69) is 218 Å². The molecule has 2 aliphatic carbocycles. The molecule has 0 radical (unpaired) electrons. The SMILES string of the molecule is c1ccc(-c2cc(-c3ccccc3)nc(-c3ccc4c(c3)C3=C(c5ccccc5C3(c3ccccc3)c3ccccc3)C4(c3ccccc3)c3ccccc3)n2)cc1. The second-order valence-corrected chi connectivity index (χ2v) is 15.2. The summed E-state index contributed by atoms with van der Waals surface area (Å²) in [6, 6.07) is 83.6. The third-order valence-electron chi connectivity index (χ3n) is 12.2. The fourth-order valence-corrected chi connectivity index (χ4v) is 9.94. The predicted octanol–water partition coefficient (Wildman–Crippen LogP) is 13.1. The van der Waals surface area contributed by atoms with E-state index in [0.717, 1.165) is 28.1 Å². The average molecular weight is 739 g/mol. The van der Waals surface area contributed by atoms with Gasteiger partial charge in [0.1, 0.15) is 0 Å². The van der Waals surface area contributed by atoms with Crippen molar-refractivity contribution < 1.29 is 0 Å². The standard InChI is InChI=1S/C56H38N2/c1-7-21-39(22-8-1)50-38-51(40-23-9-2-10-24-40)58-54(57-50)41-35-36-49-47(37-41)53-52(56(49,44-29-15-5-16-30-44)45-31-17-6-18-32-45)46-33-19-20-34-48(46)55(53,42-25-11-3-12-26-42)43-27-13-4-14-28-43/h1-38H. The lowest BCUT2D eigenvalue weighted by atomic mass is 9.64. The number of benzene rings is 8. The van der Waals surface area contributed by atoms with Crippen LogP contribution in [0.15, 0.2) is 231 Å². The van der Waals surface area contributed by atoms with Gasteiger partial charge in [-0.1, -0.05) is 218 Å². The van der Waals surface area contributed by atoms with Crippen LogP contribution in [0, 0.1) is 0 Å². The summed E-state index contributed by atoms with van der Waals surface area (Å²) in [5.74, 6) is 0.697. The van der Waals surface area contributed by atoms with E-state index < -0.39 is 10.8 Å². The van der Waals surface area contributed by atoms with Gasteiger partial charge < -0.3 is 0 Å². The molecule has 2 aliphatic rings. The summed E-state index contributed by atoms with van der Waals surface area (Å²) in [6.45, 7) is 0. The Hall–Kier alpha value is -7.42. The first-order chi connectivity index (χ1) is 28.8. The van der Waals surface area contributed by atoms with Crippen molar-refractivity contribution in [2.75, 3.05) is 0 Å². The van der Waals surface area contributed by atoms with Crippen LogP contribution in [0.1, 0.15) is 44.5 Å². The van der Waals surface area contributed by atoms with Gasteiger partial charge in [-0.2, -0.15) is 0 Å². The highest BCUT2D eigenvalue weighted by Crippen LogP contribution is 2.69. The minimum absolute atomic E-state index is 0.616. The minimum atomic E-state index is -0.616. The fraction of sp³-hybridized carbons (Fsp3) is 0.0357. The Morgan fingerprint density at radius 1 is 0.276 bits per heavy atom. The maximum atomic E-state index is 5.33. The Kier molecular flexibility index (Phi) is 7.97. The summed E-state index contributed by atoms with van der Waals surface area (Å²) in [7, 11) is 0. The van der Waals surface area contributed by atoms with Crippen molar-refractivity contribution in [3.63, 3.8) is 0 Å². The van der Waals surface area contributed by atoms with Crippen LogP contribution in [0.4, 0.5) is 0 Å². The van der Waals surface area contributed by atoms with Gasteiger partial charge in [0.25, 0.3) is 0 Å². The summed E-state index contributed by atoms with van der Waals surface area (Å²) in [6.07, 6.45) is 0. The maximum absolute atomic E-state index is 5.33. The highest BCUT2D eigenvalue weighted by atomic mass is 14.9. The van der Waals surface area contributed by atoms with Crippen molar-refractivity contribution in [1.82, 2.24) is 9.97 Å². The van der Waals surface area contributed by atoms with E-state index in [1.54, 1.807) is 0 Å². The van der Waals surface area contributed by atoms with Crippen molar-refractivity contribution in [2.45, 2.75) is 10.8 Å². The molecule has 9 aromatic rings. The van der Waals surface area contributed by atoms with Crippen LogP contribution in [0.25, 0.3) is 45.0 Å². The van der Waals surface area contributed by atoms with Gasteiger partial charge in [-0.25, -0.2) is 9.97 Å². The van der Waals surface area contributed by atoms with Gasteiger partial charge in [-0.3, -0.25) is 0 Å². The third kappa shape index (κ3) is 4.98. The second kappa shape index (κ2) is 13.7. The Morgan fingerprint density at radius 3 is 1.09 bits per heavy atom. The summed E-state index contributed by atoms with van der Waals surface area (Å²) >= 11 is 0. The molecular weight excluding hydrogens is 701 g/mol. The van der Waals surface area contributed by atoms with E-state index in [-0.39, 0.29) is 0 Å². The van der Waals surface area contributed by atoms with Gasteiger partial charge in [0.05, 0.1) is 22.2 Å². The second-order valence-electron chi connectivity index (χ2n) is 15.2. The van der Waals surface area contributed by atoms with E-state index in [1.165, 1.54) is 55.7 Å². The Labute approximate surface area is 339 Å². The molecule has 0 atom stereocenters. The molecule has 0 aliphatic heterocycles. The van der Waals surface area contributed by atoms with Crippen LogP contribution in [-0.4, -0.2) is 9.97 Å². The highest BCUT2D eigenvalue weighted by Gasteiger charge is 2.59. The van der Waals surface area contributed by atoms with E-state index in [0.29, 0.717) is 5.82 Å². The van der Waals surface area contributed by atoms with Gasteiger partial charge in [0.2, 0.25) is 0 Å². The zero-order chi connectivity index (χ0) is 38.5. The van der Waals surface area contributed by atoms with Crippen molar-refractivity contribution in [1.29, 1.82) is 0 Å². The van der Waals surface area contributed by atoms with Crippen LogP contribution < -0.4 is 0 Å². The first-order valence-corrected chi connectivity index (χ1v) is 20.0. The summed E-state index contributed by atoms with van der Waals surface area (Å²) in [5, 5.41) is 0. The molecule has 0 saturated carbocycles. The minimum Gasteiger partial charge on any atom is -0.228 e. The smallest absolute Gasteiger partial charge is 0.160 e. The van der Waals surface area contributed by atoms with Gasteiger partial charge >= 0.3 is 0 Å². The number of nitrogens with zero attached hydrogens (tertiary/aromatic N) is 2.